The second-order valence-corrected chi connectivity index (χ2v) is 7.09. The number of nitrogens with two attached hydrogens (primary N) is 1. The average Bonchev–Trinajstić information content (AvgIpc) is 2.91. The number of methoxy groups -OCH3 is 1. The lowest BCUT2D eigenvalue weighted by atomic mass is 9.91. The van der Waals surface area contributed by atoms with Crippen molar-refractivity contribution in [1.29, 1.82) is 0 Å². The van der Waals surface area contributed by atoms with Crippen LogP contribution in [-0.4, -0.2) is 36.1 Å². The first kappa shape index (κ1) is 20.6. The number of anilines is 2. The van der Waals surface area contributed by atoms with Gasteiger partial charge in [-0.05, 0) is 18.6 Å². The third-order valence-corrected chi connectivity index (χ3v) is 3.82. The summed E-state index contributed by atoms with van der Waals surface area (Å²) in [5.41, 5.74) is 6.21. The fourth-order valence-corrected chi connectivity index (χ4v) is 2.49. The van der Waals surface area contributed by atoms with E-state index < -0.39 is 23.1 Å². The summed E-state index contributed by atoms with van der Waals surface area (Å²) < 4.78 is 33.8. The predicted octanol–water partition coefficient (Wildman–Crippen LogP) is 3.19. The van der Waals surface area contributed by atoms with Crippen LogP contribution in [0.1, 0.15) is 32.9 Å². The maximum absolute atomic E-state index is 14.2. The maximum Gasteiger partial charge on any atom is 0.319 e. The molecule has 0 fully saturated rings. The first-order valence-electron chi connectivity index (χ1n) is 8.53. The predicted molar refractivity (Wildman–Crippen MR) is 100 cm³/mol. The van der Waals surface area contributed by atoms with Crippen LogP contribution in [0.5, 0.6) is 0 Å². The minimum absolute atomic E-state index is 0.0106. The molecule has 9 heteroatoms. The second kappa shape index (κ2) is 8.34. The number of carbonyl (C=O) groups is 1. The Morgan fingerprint density at radius 2 is 2.04 bits per heavy atom. The van der Waals surface area contributed by atoms with E-state index in [2.05, 4.69) is 15.7 Å². The van der Waals surface area contributed by atoms with Gasteiger partial charge >= 0.3 is 6.03 Å². The Kier molecular flexibility index (Phi) is 6.37. The molecule has 7 nitrogen and oxygen atoms in total. The third-order valence-electron chi connectivity index (χ3n) is 3.82. The van der Waals surface area contributed by atoms with Gasteiger partial charge in [-0.15, -0.1) is 0 Å². The summed E-state index contributed by atoms with van der Waals surface area (Å²) in [6.45, 7) is 6.57. The SMILES string of the molecule is COCCCNC(=O)Nc1c(C(C)(C)C)nn(-c2cc(F)ccc2F)c1N. The number of nitrogen functional groups attached to an aromatic ring is 1. The lowest BCUT2D eigenvalue weighted by molar-refractivity contribution is 0.194. The standard InChI is InChI=1S/C18H25F2N5O2/c1-18(2,3)15-14(23-17(26)22-8-5-9-27-4)16(21)25(24-15)13-10-11(19)6-7-12(13)20/h6-7,10H,5,8-9,21H2,1-4H3,(H2,22,23,26). The van der Waals surface area contributed by atoms with Crippen molar-refractivity contribution in [2.75, 3.05) is 31.3 Å². The van der Waals surface area contributed by atoms with Crippen LogP contribution in [-0.2, 0) is 10.2 Å². The monoisotopic (exact) mass is 381 g/mol. The normalized spacial score (nSPS) is 11.5. The van der Waals surface area contributed by atoms with Gasteiger partial charge in [0.1, 0.15) is 23.0 Å². The number of hydrogen-bond donors (Lipinski definition) is 3. The smallest absolute Gasteiger partial charge is 0.319 e. The van der Waals surface area contributed by atoms with E-state index in [1.54, 1.807) is 7.11 Å². The van der Waals surface area contributed by atoms with Crippen molar-refractivity contribution in [2.24, 2.45) is 0 Å². The number of benzene rings is 1. The van der Waals surface area contributed by atoms with Crippen LogP contribution in [0.4, 0.5) is 25.1 Å². The molecule has 0 radical (unpaired) electrons. The van der Waals surface area contributed by atoms with Crippen molar-refractivity contribution in [3.63, 3.8) is 0 Å². The molecule has 0 aliphatic rings. The van der Waals surface area contributed by atoms with E-state index >= 15 is 0 Å². The summed E-state index contributed by atoms with van der Waals surface area (Å²) in [4.78, 5) is 12.2. The summed E-state index contributed by atoms with van der Waals surface area (Å²) in [5, 5.41) is 9.69. The minimum Gasteiger partial charge on any atom is -0.385 e. The zero-order chi connectivity index (χ0) is 20.2. The molecule has 0 atom stereocenters. The van der Waals surface area contributed by atoms with Crippen molar-refractivity contribution >= 4 is 17.5 Å². The van der Waals surface area contributed by atoms with Crippen LogP contribution in [0.3, 0.4) is 0 Å². The molecule has 1 heterocycles. The van der Waals surface area contributed by atoms with Gasteiger partial charge in [0, 0.05) is 31.7 Å². The minimum atomic E-state index is -0.679. The molecule has 0 aliphatic carbocycles. The summed E-state index contributed by atoms with van der Waals surface area (Å²) in [6.07, 6.45) is 0.652. The van der Waals surface area contributed by atoms with Gasteiger partial charge in [-0.1, -0.05) is 20.8 Å². The third kappa shape index (κ3) is 4.94. The Morgan fingerprint density at radius 3 is 2.67 bits per heavy atom. The van der Waals surface area contributed by atoms with Crippen molar-refractivity contribution in [3.05, 3.63) is 35.5 Å². The number of nitrogens with zero attached hydrogens (tertiary/aromatic N) is 2. The van der Waals surface area contributed by atoms with E-state index in [0.29, 0.717) is 25.3 Å². The molecule has 2 amide bonds. The molecule has 1 aromatic heterocycles. The highest BCUT2D eigenvalue weighted by molar-refractivity contribution is 5.93. The summed E-state index contributed by atoms with van der Waals surface area (Å²) in [6, 6.07) is 2.54. The Labute approximate surface area is 156 Å². The lowest BCUT2D eigenvalue weighted by Crippen LogP contribution is -2.31. The Bertz CT molecular complexity index is 815. The molecule has 0 aliphatic heterocycles. The molecule has 27 heavy (non-hydrogen) atoms. The van der Waals surface area contributed by atoms with Crippen LogP contribution >= 0.6 is 0 Å². The zero-order valence-corrected chi connectivity index (χ0v) is 15.9. The number of aromatic nitrogens is 2. The highest BCUT2D eigenvalue weighted by Gasteiger charge is 2.28. The number of halogens is 2. The summed E-state index contributed by atoms with van der Waals surface area (Å²) in [5.74, 6) is -1.29. The molecule has 148 valence electrons. The van der Waals surface area contributed by atoms with E-state index in [4.69, 9.17) is 10.5 Å². The fraction of sp³-hybridized carbons (Fsp3) is 0.444. The van der Waals surface area contributed by atoms with E-state index in [-0.39, 0.29) is 17.2 Å². The average molecular weight is 381 g/mol. The maximum atomic E-state index is 14.2. The van der Waals surface area contributed by atoms with E-state index in [1.807, 2.05) is 20.8 Å². The summed E-state index contributed by atoms with van der Waals surface area (Å²) >= 11 is 0. The number of hydrogen-bond acceptors (Lipinski definition) is 4. The first-order chi connectivity index (χ1) is 12.6. The Morgan fingerprint density at radius 1 is 1.33 bits per heavy atom. The molecule has 2 aromatic rings. The molecule has 4 N–H and O–H groups in total. The number of carbonyl (C=O) groups excluding carboxylic acids is 1. The lowest BCUT2D eigenvalue weighted by Gasteiger charge is -2.18. The fourth-order valence-electron chi connectivity index (χ4n) is 2.49. The van der Waals surface area contributed by atoms with Gasteiger partial charge in [0.05, 0.1) is 5.69 Å². The molecule has 0 unspecified atom stereocenters. The van der Waals surface area contributed by atoms with Crippen LogP contribution in [0.25, 0.3) is 5.69 Å². The molecule has 0 saturated carbocycles. The quantitative estimate of drug-likeness (QED) is 0.670. The second-order valence-electron chi connectivity index (χ2n) is 7.09. The van der Waals surface area contributed by atoms with Crippen LogP contribution in [0, 0.1) is 11.6 Å². The van der Waals surface area contributed by atoms with Gasteiger partial charge in [0.2, 0.25) is 0 Å². The zero-order valence-electron chi connectivity index (χ0n) is 15.9. The topological polar surface area (TPSA) is 94.2 Å². The largest absolute Gasteiger partial charge is 0.385 e. The number of rotatable bonds is 6. The molecule has 2 rings (SSSR count). The van der Waals surface area contributed by atoms with Gasteiger partial charge in [-0.2, -0.15) is 5.10 Å². The van der Waals surface area contributed by atoms with E-state index in [0.717, 1.165) is 22.9 Å². The van der Waals surface area contributed by atoms with Crippen molar-refractivity contribution < 1.29 is 18.3 Å². The van der Waals surface area contributed by atoms with Gasteiger partial charge < -0.3 is 21.1 Å². The van der Waals surface area contributed by atoms with E-state index in [9.17, 15) is 13.6 Å². The summed E-state index contributed by atoms with van der Waals surface area (Å²) in [7, 11) is 1.58. The van der Waals surface area contributed by atoms with Crippen molar-refractivity contribution in [1.82, 2.24) is 15.1 Å². The highest BCUT2D eigenvalue weighted by Crippen LogP contribution is 2.35. The molecule has 0 spiro atoms. The van der Waals surface area contributed by atoms with Gasteiger partial charge in [0.25, 0.3) is 0 Å². The molecular weight excluding hydrogens is 356 g/mol. The van der Waals surface area contributed by atoms with Crippen LogP contribution < -0.4 is 16.4 Å². The number of ether oxygens (including phenoxy) is 1. The van der Waals surface area contributed by atoms with Gasteiger partial charge in [0.15, 0.2) is 5.82 Å². The van der Waals surface area contributed by atoms with Crippen molar-refractivity contribution in [3.8, 4) is 5.69 Å². The molecule has 0 saturated heterocycles. The molecule has 0 bridgehead atoms. The number of amides is 2. The highest BCUT2D eigenvalue weighted by atomic mass is 19.1. The van der Waals surface area contributed by atoms with Gasteiger partial charge in [-0.3, -0.25) is 0 Å². The van der Waals surface area contributed by atoms with E-state index in [1.165, 1.54) is 0 Å². The van der Waals surface area contributed by atoms with Crippen LogP contribution in [0.2, 0.25) is 0 Å². The molecule has 1 aromatic carbocycles. The number of nitrogens with one attached hydrogen (secondary N) is 2. The van der Waals surface area contributed by atoms with Gasteiger partial charge in [-0.25, -0.2) is 18.3 Å². The Hall–Kier alpha value is -2.68. The molecular formula is C18H25F2N5O2. The number of urea groups is 1. The van der Waals surface area contributed by atoms with Crippen LogP contribution in [0.15, 0.2) is 18.2 Å². The Balaban J connectivity index is 2.37. The first-order valence-corrected chi connectivity index (χ1v) is 8.53. The van der Waals surface area contributed by atoms with Crippen molar-refractivity contribution in [2.45, 2.75) is 32.6 Å².